The van der Waals surface area contributed by atoms with Gasteiger partial charge in [-0.05, 0) is 37.3 Å². The van der Waals surface area contributed by atoms with Gasteiger partial charge in [0.15, 0.2) is 0 Å². The normalized spacial score (nSPS) is 26.0. The largest absolute Gasteiger partial charge is 0.358 e. The lowest BCUT2D eigenvalue weighted by molar-refractivity contribution is -0.125. The summed E-state index contributed by atoms with van der Waals surface area (Å²) in [5, 5.41) is 6.80. The topological polar surface area (TPSA) is 84.3 Å². The molecule has 2 bridgehead atoms. The minimum absolute atomic E-state index is 0.0997. The van der Waals surface area contributed by atoms with Gasteiger partial charge in [-0.1, -0.05) is 18.2 Å². The number of hydrogen-bond donors (Lipinski definition) is 1. The molecule has 0 spiro atoms. The molecule has 25 heavy (non-hydrogen) atoms. The Bertz CT molecular complexity index is 894. The molecule has 132 valence electrons. The van der Waals surface area contributed by atoms with Gasteiger partial charge in [-0.25, -0.2) is 13.1 Å². The number of nitrogens with zero attached hydrogens (tertiary/aromatic N) is 3. The van der Waals surface area contributed by atoms with E-state index in [0.29, 0.717) is 0 Å². The summed E-state index contributed by atoms with van der Waals surface area (Å²) in [6.07, 6.45) is 5.33. The van der Waals surface area contributed by atoms with Crippen molar-refractivity contribution in [3.05, 3.63) is 42.7 Å². The summed E-state index contributed by atoms with van der Waals surface area (Å²) in [5.74, 6) is -0.130. The number of carbonyl (C=O) groups is 1. The van der Waals surface area contributed by atoms with E-state index in [0.717, 1.165) is 24.9 Å². The number of para-hydroxylation sites is 1. The van der Waals surface area contributed by atoms with Crippen molar-refractivity contribution in [1.29, 1.82) is 0 Å². The van der Waals surface area contributed by atoms with Crippen LogP contribution in [0.15, 0.2) is 47.6 Å². The zero-order valence-corrected chi connectivity index (χ0v) is 14.7. The van der Waals surface area contributed by atoms with Crippen LogP contribution in [0.2, 0.25) is 0 Å². The fraction of sp³-hybridized carbons (Fsp3) is 0.412. The monoisotopic (exact) mass is 360 g/mol. The molecule has 8 heteroatoms. The van der Waals surface area contributed by atoms with Crippen molar-refractivity contribution in [3.8, 4) is 5.69 Å². The van der Waals surface area contributed by atoms with Crippen molar-refractivity contribution in [2.24, 2.45) is 5.92 Å². The number of amides is 1. The van der Waals surface area contributed by atoms with Gasteiger partial charge in [-0.15, -0.1) is 0 Å². The maximum absolute atomic E-state index is 13.2. The molecule has 1 aromatic heterocycles. The van der Waals surface area contributed by atoms with Gasteiger partial charge in [-0.2, -0.15) is 9.40 Å². The van der Waals surface area contributed by atoms with E-state index in [1.807, 2.05) is 30.3 Å². The Labute approximate surface area is 146 Å². The maximum atomic E-state index is 13.2. The lowest BCUT2D eigenvalue weighted by atomic mass is 9.99. The minimum atomic E-state index is -3.77. The van der Waals surface area contributed by atoms with Gasteiger partial charge >= 0.3 is 0 Å². The van der Waals surface area contributed by atoms with Gasteiger partial charge in [0, 0.05) is 13.1 Å². The molecular formula is C17H20N4O3S. The molecule has 3 atom stereocenters. The number of aromatic nitrogens is 2. The molecule has 4 rings (SSSR count). The molecule has 2 aliphatic rings. The highest BCUT2D eigenvalue weighted by Crippen LogP contribution is 2.45. The Hall–Kier alpha value is -2.19. The van der Waals surface area contributed by atoms with E-state index in [1.165, 1.54) is 21.4 Å². The maximum Gasteiger partial charge on any atom is 0.247 e. The fourth-order valence-corrected chi connectivity index (χ4v) is 5.86. The molecule has 2 fully saturated rings. The molecule has 1 saturated carbocycles. The standard InChI is InChI=1S/C17H20N4O3S/c1-18-17(22)16-12-7-8-14(9-12)21(16)25(23,24)15-10-19-20(11-15)13-5-3-2-4-6-13/h2-6,10-12,14,16H,7-9H2,1H3,(H,18,22)/t12-,14+,16-/m0/s1. The molecular weight excluding hydrogens is 340 g/mol. The van der Waals surface area contributed by atoms with Gasteiger partial charge in [-0.3, -0.25) is 4.79 Å². The number of benzene rings is 1. The molecule has 1 saturated heterocycles. The SMILES string of the molecule is CNC(=O)[C@@H]1[C@H]2CC[C@H](C2)N1S(=O)(=O)c1cnn(-c2ccccc2)c1. The molecule has 1 amide bonds. The van der Waals surface area contributed by atoms with Gasteiger partial charge in [0.1, 0.15) is 10.9 Å². The Morgan fingerprint density at radius 2 is 2.00 bits per heavy atom. The highest BCUT2D eigenvalue weighted by Gasteiger charge is 2.54. The van der Waals surface area contributed by atoms with Gasteiger partial charge < -0.3 is 5.32 Å². The third-order valence-electron chi connectivity index (χ3n) is 5.20. The van der Waals surface area contributed by atoms with Crippen LogP contribution < -0.4 is 5.32 Å². The van der Waals surface area contributed by atoms with Crippen molar-refractivity contribution in [1.82, 2.24) is 19.4 Å². The van der Waals surface area contributed by atoms with Crippen molar-refractivity contribution >= 4 is 15.9 Å². The van der Waals surface area contributed by atoms with Crippen molar-refractivity contribution in [3.63, 3.8) is 0 Å². The minimum Gasteiger partial charge on any atom is -0.358 e. The van der Waals surface area contributed by atoms with Gasteiger partial charge in [0.25, 0.3) is 0 Å². The molecule has 2 aromatic rings. The predicted octanol–water partition coefficient (Wildman–Crippen LogP) is 1.16. The second-order valence-electron chi connectivity index (χ2n) is 6.58. The van der Waals surface area contributed by atoms with Gasteiger partial charge in [0.2, 0.25) is 15.9 Å². The molecule has 0 unspecified atom stereocenters. The zero-order valence-electron chi connectivity index (χ0n) is 13.9. The molecule has 2 heterocycles. The number of piperidine rings is 1. The molecule has 1 aliphatic heterocycles. The van der Waals surface area contributed by atoms with Crippen LogP contribution in [0.1, 0.15) is 19.3 Å². The zero-order chi connectivity index (χ0) is 17.6. The van der Waals surface area contributed by atoms with Crippen LogP contribution in [0.5, 0.6) is 0 Å². The predicted molar refractivity (Wildman–Crippen MR) is 91.6 cm³/mol. The molecule has 0 radical (unpaired) electrons. The third kappa shape index (κ3) is 2.56. The van der Waals surface area contributed by atoms with Crippen LogP contribution in [0.25, 0.3) is 5.69 Å². The van der Waals surface area contributed by atoms with E-state index in [2.05, 4.69) is 10.4 Å². The fourth-order valence-electron chi connectivity index (χ4n) is 4.05. The van der Waals surface area contributed by atoms with Crippen molar-refractivity contribution in [2.75, 3.05) is 7.05 Å². The van der Waals surface area contributed by atoms with Gasteiger partial charge in [0.05, 0.1) is 18.1 Å². The summed E-state index contributed by atoms with van der Waals surface area (Å²) >= 11 is 0. The number of carbonyl (C=O) groups excluding carboxylic acids is 1. The summed E-state index contributed by atoms with van der Waals surface area (Å²) in [4.78, 5) is 12.4. The van der Waals surface area contributed by atoms with E-state index in [9.17, 15) is 13.2 Å². The lowest BCUT2D eigenvalue weighted by Gasteiger charge is -2.32. The van der Waals surface area contributed by atoms with E-state index in [1.54, 1.807) is 7.05 Å². The van der Waals surface area contributed by atoms with Crippen molar-refractivity contribution in [2.45, 2.75) is 36.2 Å². The van der Waals surface area contributed by atoms with Crippen LogP contribution in [0, 0.1) is 5.92 Å². The van der Waals surface area contributed by atoms with E-state index >= 15 is 0 Å². The molecule has 7 nitrogen and oxygen atoms in total. The summed E-state index contributed by atoms with van der Waals surface area (Å²) in [6.45, 7) is 0. The van der Waals surface area contributed by atoms with Crippen LogP contribution in [-0.4, -0.2) is 47.5 Å². The average Bonchev–Trinajstić information content (AvgIpc) is 3.36. The van der Waals surface area contributed by atoms with Crippen LogP contribution in [0.3, 0.4) is 0 Å². The number of sulfonamides is 1. The average molecular weight is 360 g/mol. The van der Waals surface area contributed by atoms with E-state index in [4.69, 9.17) is 0 Å². The number of fused-ring (bicyclic) bond motifs is 2. The quantitative estimate of drug-likeness (QED) is 0.887. The first-order valence-electron chi connectivity index (χ1n) is 8.37. The number of hydrogen-bond acceptors (Lipinski definition) is 4. The molecule has 1 aliphatic carbocycles. The highest BCUT2D eigenvalue weighted by atomic mass is 32.2. The third-order valence-corrected chi connectivity index (χ3v) is 7.08. The van der Waals surface area contributed by atoms with E-state index < -0.39 is 16.1 Å². The Kier molecular flexibility index (Phi) is 3.88. The molecule has 1 N–H and O–H groups in total. The smallest absolute Gasteiger partial charge is 0.247 e. The molecule has 1 aromatic carbocycles. The van der Waals surface area contributed by atoms with Crippen LogP contribution >= 0.6 is 0 Å². The summed E-state index contributed by atoms with van der Waals surface area (Å²) < 4.78 is 29.3. The summed E-state index contributed by atoms with van der Waals surface area (Å²) in [7, 11) is -2.22. The lowest BCUT2D eigenvalue weighted by Crippen LogP contribution is -2.51. The number of likely N-dealkylation sites (N-methyl/N-ethyl adjacent to an activating group) is 1. The first-order chi connectivity index (χ1) is 12.0. The summed E-state index contributed by atoms with van der Waals surface area (Å²) in [6, 6.07) is 8.62. The van der Waals surface area contributed by atoms with Crippen LogP contribution in [-0.2, 0) is 14.8 Å². The Morgan fingerprint density at radius 1 is 1.24 bits per heavy atom. The first kappa shape index (κ1) is 16.3. The number of rotatable bonds is 4. The number of nitrogens with one attached hydrogen (secondary N) is 1. The Morgan fingerprint density at radius 3 is 2.72 bits per heavy atom. The summed E-state index contributed by atoms with van der Waals surface area (Å²) in [5.41, 5.74) is 0.787. The second kappa shape index (κ2) is 5.96. The van der Waals surface area contributed by atoms with E-state index in [-0.39, 0.29) is 22.8 Å². The van der Waals surface area contributed by atoms with Crippen LogP contribution in [0.4, 0.5) is 0 Å². The van der Waals surface area contributed by atoms with Crippen molar-refractivity contribution < 1.29 is 13.2 Å². The Balaban J connectivity index is 1.70. The second-order valence-corrected chi connectivity index (χ2v) is 8.42. The first-order valence-corrected chi connectivity index (χ1v) is 9.81. The highest BCUT2D eigenvalue weighted by molar-refractivity contribution is 7.89.